The predicted octanol–water partition coefficient (Wildman–Crippen LogP) is 4.52. The Labute approximate surface area is 186 Å². The molecule has 4 heterocycles. The van der Waals surface area contributed by atoms with E-state index in [1.54, 1.807) is 24.5 Å². The molecule has 1 N–H and O–H groups in total. The van der Waals surface area contributed by atoms with Crippen molar-refractivity contribution in [1.29, 1.82) is 0 Å². The van der Waals surface area contributed by atoms with Crippen LogP contribution < -0.4 is 10.2 Å². The first kappa shape index (κ1) is 20.9. The van der Waals surface area contributed by atoms with Gasteiger partial charge in [0.2, 0.25) is 5.78 Å². The Bertz CT molecular complexity index is 1350. The monoisotopic (exact) mass is 452 g/mol. The van der Waals surface area contributed by atoms with Gasteiger partial charge in [-0.1, -0.05) is 13.0 Å². The Morgan fingerprint density at radius 3 is 2.85 bits per heavy atom. The number of carbonyl (C=O) groups is 1. The van der Waals surface area contributed by atoms with Crippen molar-refractivity contribution in [3.63, 3.8) is 0 Å². The average molecular weight is 452 g/mol. The molecule has 1 unspecified atom stereocenters. The van der Waals surface area contributed by atoms with Gasteiger partial charge in [-0.3, -0.25) is 14.2 Å². The molecule has 4 aromatic rings. The highest BCUT2D eigenvalue weighted by Crippen LogP contribution is 2.38. The molecule has 10 heteroatoms. The van der Waals surface area contributed by atoms with Gasteiger partial charge in [-0.05, 0) is 29.8 Å². The maximum absolute atomic E-state index is 12.9. The van der Waals surface area contributed by atoms with Crippen molar-refractivity contribution in [2.24, 2.45) is 0 Å². The van der Waals surface area contributed by atoms with E-state index in [0.717, 1.165) is 35.8 Å². The van der Waals surface area contributed by atoms with Gasteiger partial charge in [0, 0.05) is 42.3 Å². The fourth-order valence-corrected chi connectivity index (χ4v) is 4.11. The smallest absolute Gasteiger partial charge is 0.365 e. The molecule has 168 valence electrons. The van der Waals surface area contributed by atoms with Crippen molar-refractivity contribution in [3.05, 3.63) is 83.7 Å². The van der Waals surface area contributed by atoms with Crippen LogP contribution in [0.25, 0.3) is 5.78 Å². The SMILES string of the molecule is CC1CN(Cc2cnc3ncccn23)c2cc(C(=O)Nc3cncc(C(F)(F)F)c3)ccc21. The molecule has 0 saturated heterocycles. The minimum Gasteiger partial charge on any atom is -0.365 e. The molecule has 3 aromatic heterocycles. The second kappa shape index (κ2) is 7.88. The van der Waals surface area contributed by atoms with Crippen LogP contribution in [0.4, 0.5) is 24.5 Å². The summed E-state index contributed by atoms with van der Waals surface area (Å²) in [6, 6.07) is 8.06. The van der Waals surface area contributed by atoms with Crippen LogP contribution in [0.2, 0.25) is 0 Å². The Hall–Kier alpha value is -3.95. The number of fused-ring (bicyclic) bond motifs is 2. The van der Waals surface area contributed by atoms with Gasteiger partial charge >= 0.3 is 6.18 Å². The molecule has 1 aliphatic heterocycles. The van der Waals surface area contributed by atoms with Crippen molar-refractivity contribution >= 4 is 23.1 Å². The molecule has 1 amide bonds. The molecule has 7 nitrogen and oxygen atoms in total. The zero-order valence-electron chi connectivity index (χ0n) is 17.5. The molecule has 1 aromatic carbocycles. The number of nitrogens with one attached hydrogen (secondary N) is 1. The summed E-state index contributed by atoms with van der Waals surface area (Å²) in [6.45, 7) is 3.46. The van der Waals surface area contributed by atoms with Crippen LogP contribution in [0.3, 0.4) is 0 Å². The lowest BCUT2D eigenvalue weighted by molar-refractivity contribution is -0.137. The van der Waals surface area contributed by atoms with Gasteiger partial charge in [-0.2, -0.15) is 13.2 Å². The lowest BCUT2D eigenvalue weighted by Crippen LogP contribution is -2.22. The Morgan fingerprint density at radius 1 is 1.18 bits per heavy atom. The third-order valence-electron chi connectivity index (χ3n) is 5.70. The van der Waals surface area contributed by atoms with Crippen LogP contribution in [0, 0.1) is 0 Å². The minimum atomic E-state index is -4.54. The molecule has 0 radical (unpaired) electrons. The van der Waals surface area contributed by atoms with Gasteiger partial charge in [-0.25, -0.2) is 9.97 Å². The zero-order valence-corrected chi connectivity index (χ0v) is 17.5. The van der Waals surface area contributed by atoms with Crippen LogP contribution in [0.15, 0.2) is 61.3 Å². The molecule has 0 spiro atoms. The number of benzene rings is 1. The summed E-state index contributed by atoms with van der Waals surface area (Å²) in [6.07, 6.45) is 2.74. The van der Waals surface area contributed by atoms with Crippen LogP contribution in [0.5, 0.6) is 0 Å². The second-order valence-electron chi connectivity index (χ2n) is 8.01. The van der Waals surface area contributed by atoms with Crippen LogP contribution in [0.1, 0.15) is 40.0 Å². The second-order valence-corrected chi connectivity index (χ2v) is 8.01. The molecular formula is C23H19F3N6O. The summed E-state index contributed by atoms with van der Waals surface area (Å²) in [5, 5.41) is 2.52. The molecule has 1 atom stereocenters. The number of hydrogen-bond donors (Lipinski definition) is 1. The van der Waals surface area contributed by atoms with Gasteiger partial charge in [0.05, 0.1) is 35.9 Å². The van der Waals surface area contributed by atoms with Gasteiger partial charge in [0.1, 0.15) is 0 Å². The molecule has 0 saturated carbocycles. The fraction of sp³-hybridized carbons (Fsp3) is 0.217. The van der Waals surface area contributed by atoms with Gasteiger partial charge in [-0.15, -0.1) is 0 Å². The maximum atomic E-state index is 12.9. The first-order chi connectivity index (χ1) is 15.8. The average Bonchev–Trinajstić information content (AvgIpc) is 3.34. The summed E-state index contributed by atoms with van der Waals surface area (Å²) in [5.41, 5.74) is 2.40. The largest absolute Gasteiger partial charge is 0.417 e. The van der Waals surface area contributed by atoms with E-state index in [1.807, 2.05) is 22.7 Å². The number of pyridine rings is 1. The number of anilines is 2. The van der Waals surface area contributed by atoms with E-state index in [0.29, 0.717) is 17.9 Å². The summed E-state index contributed by atoms with van der Waals surface area (Å²) in [7, 11) is 0. The number of alkyl halides is 3. The Kier molecular flexibility index (Phi) is 4.99. The van der Waals surface area contributed by atoms with Crippen molar-refractivity contribution in [3.8, 4) is 0 Å². The third-order valence-corrected chi connectivity index (χ3v) is 5.70. The number of carbonyl (C=O) groups excluding carboxylic acids is 1. The van der Waals surface area contributed by atoms with Crippen LogP contribution >= 0.6 is 0 Å². The van der Waals surface area contributed by atoms with E-state index in [2.05, 4.69) is 32.1 Å². The van der Waals surface area contributed by atoms with Gasteiger partial charge < -0.3 is 10.2 Å². The van der Waals surface area contributed by atoms with Crippen LogP contribution in [-0.2, 0) is 12.7 Å². The molecule has 1 aliphatic rings. The van der Waals surface area contributed by atoms with Crippen molar-refractivity contribution in [2.45, 2.75) is 25.6 Å². The fourth-order valence-electron chi connectivity index (χ4n) is 4.11. The lowest BCUT2D eigenvalue weighted by atomic mass is 10.0. The van der Waals surface area contributed by atoms with E-state index in [4.69, 9.17) is 0 Å². The first-order valence-corrected chi connectivity index (χ1v) is 10.3. The summed E-state index contributed by atoms with van der Waals surface area (Å²) < 4.78 is 40.7. The summed E-state index contributed by atoms with van der Waals surface area (Å²) >= 11 is 0. The van der Waals surface area contributed by atoms with E-state index in [1.165, 1.54) is 6.20 Å². The molecule has 5 rings (SSSR count). The normalized spacial score (nSPS) is 15.6. The highest BCUT2D eigenvalue weighted by molar-refractivity contribution is 6.05. The molecule has 0 bridgehead atoms. The quantitative estimate of drug-likeness (QED) is 0.493. The summed E-state index contributed by atoms with van der Waals surface area (Å²) in [5.74, 6) is 0.377. The molecule has 0 fully saturated rings. The van der Waals surface area contributed by atoms with Crippen molar-refractivity contribution in [1.82, 2.24) is 19.4 Å². The zero-order chi connectivity index (χ0) is 23.2. The summed E-state index contributed by atoms with van der Waals surface area (Å²) in [4.78, 5) is 27.1. The maximum Gasteiger partial charge on any atom is 0.417 e. The topological polar surface area (TPSA) is 75.4 Å². The number of hydrogen-bond acceptors (Lipinski definition) is 5. The van der Waals surface area contributed by atoms with Gasteiger partial charge in [0.15, 0.2) is 0 Å². The van der Waals surface area contributed by atoms with Crippen LogP contribution in [-0.4, -0.2) is 31.8 Å². The molecular weight excluding hydrogens is 433 g/mol. The number of aromatic nitrogens is 4. The number of rotatable bonds is 4. The molecule has 33 heavy (non-hydrogen) atoms. The van der Waals surface area contributed by atoms with Crippen molar-refractivity contribution < 1.29 is 18.0 Å². The van der Waals surface area contributed by atoms with E-state index >= 15 is 0 Å². The van der Waals surface area contributed by atoms with E-state index in [-0.39, 0.29) is 11.6 Å². The lowest BCUT2D eigenvalue weighted by Gasteiger charge is -2.20. The standard InChI is InChI=1S/C23H19F3N6O/c1-14-12-31(13-18-11-29-22-28-5-2-6-32(18)22)20-7-15(3-4-19(14)20)21(33)30-17-8-16(9-27-10-17)23(24,25)26/h2-11,14H,12-13H2,1H3,(H,30,33). The van der Waals surface area contributed by atoms with E-state index in [9.17, 15) is 18.0 Å². The number of nitrogens with zero attached hydrogens (tertiary/aromatic N) is 5. The van der Waals surface area contributed by atoms with E-state index < -0.39 is 17.6 Å². The number of imidazole rings is 1. The van der Waals surface area contributed by atoms with Gasteiger partial charge in [0.25, 0.3) is 5.91 Å². The highest BCUT2D eigenvalue weighted by Gasteiger charge is 2.31. The highest BCUT2D eigenvalue weighted by atomic mass is 19.4. The van der Waals surface area contributed by atoms with Crippen molar-refractivity contribution in [2.75, 3.05) is 16.8 Å². The molecule has 0 aliphatic carbocycles. The predicted molar refractivity (Wildman–Crippen MR) is 116 cm³/mol. The Balaban J connectivity index is 1.40. The Morgan fingerprint density at radius 2 is 2.03 bits per heavy atom. The minimum absolute atomic E-state index is 0.0150. The first-order valence-electron chi connectivity index (χ1n) is 10.3. The number of amides is 1. The third kappa shape index (κ3) is 3.99. The number of halogens is 3.